The van der Waals surface area contributed by atoms with E-state index in [-0.39, 0.29) is 30.8 Å². The molecule has 2 fully saturated rings. The van der Waals surface area contributed by atoms with Crippen molar-refractivity contribution in [2.75, 3.05) is 75.9 Å². The number of hydrogen-bond acceptors (Lipinski definition) is 7. The zero-order valence-electron chi connectivity index (χ0n) is 25.8. The highest BCUT2D eigenvalue weighted by atomic mass is 16.5. The summed E-state index contributed by atoms with van der Waals surface area (Å²) in [7, 11) is 1.68. The Morgan fingerprint density at radius 1 is 1.05 bits per heavy atom. The third kappa shape index (κ3) is 5.69. The first-order valence-corrected chi connectivity index (χ1v) is 15.5. The molecule has 3 aromatic rings. The van der Waals surface area contributed by atoms with Gasteiger partial charge in [0.05, 0.1) is 31.1 Å². The van der Waals surface area contributed by atoms with Gasteiger partial charge in [0.1, 0.15) is 23.6 Å². The van der Waals surface area contributed by atoms with Crippen LogP contribution in [0, 0.1) is 0 Å². The van der Waals surface area contributed by atoms with Crippen LogP contribution in [0.4, 0.5) is 11.5 Å². The van der Waals surface area contributed by atoms with Crippen LogP contribution in [0.25, 0.3) is 10.8 Å². The Morgan fingerprint density at radius 3 is 2.64 bits per heavy atom. The van der Waals surface area contributed by atoms with E-state index in [1.807, 2.05) is 48.7 Å². The summed E-state index contributed by atoms with van der Waals surface area (Å²) in [6.45, 7) is 9.34. The van der Waals surface area contributed by atoms with Crippen LogP contribution in [0.3, 0.4) is 0 Å². The molecule has 0 unspecified atom stereocenters. The molecule has 44 heavy (non-hydrogen) atoms. The lowest BCUT2D eigenvalue weighted by molar-refractivity contribution is -0.119. The Kier molecular flexibility index (Phi) is 8.67. The molecule has 0 bridgehead atoms. The third-order valence-electron chi connectivity index (χ3n) is 8.67. The van der Waals surface area contributed by atoms with E-state index >= 15 is 0 Å². The maximum Gasteiger partial charge on any atom is 0.273 e. The molecular formula is C33H41N7O4. The van der Waals surface area contributed by atoms with Gasteiger partial charge in [0.25, 0.3) is 11.8 Å². The van der Waals surface area contributed by atoms with E-state index in [4.69, 9.17) is 4.74 Å². The fourth-order valence-corrected chi connectivity index (χ4v) is 6.33. The lowest BCUT2D eigenvalue weighted by atomic mass is 10.1. The van der Waals surface area contributed by atoms with Gasteiger partial charge in [-0.2, -0.15) is 0 Å². The number of morpholine rings is 1. The fraction of sp³-hybridized carbons (Fsp3) is 0.455. The number of anilines is 2. The van der Waals surface area contributed by atoms with Crippen LogP contribution in [0.15, 0.2) is 48.2 Å². The number of pyridine rings is 1. The van der Waals surface area contributed by atoms with Crippen LogP contribution < -0.4 is 15.1 Å². The number of allylic oxidation sites excluding steroid dienone is 2. The molecule has 3 aliphatic rings. The van der Waals surface area contributed by atoms with Crippen molar-refractivity contribution in [2.45, 2.75) is 33.4 Å². The van der Waals surface area contributed by atoms with Gasteiger partial charge in [-0.25, -0.2) is 0 Å². The lowest BCUT2D eigenvalue weighted by Crippen LogP contribution is -2.43. The number of rotatable bonds is 6. The summed E-state index contributed by atoms with van der Waals surface area (Å²) in [5, 5.41) is 5.41. The normalized spacial score (nSPS) is 17.9. The number of fused-ring (bicyclic) bond motifs is 2. The maximum absolute atomic E-state index is 14.8. The molecule has 1 aromatic carbocycles. The van der Waals surface area contributed by atoms with Gasteiger partial charge in [0.2, 0.25) is 5.91 Å². The molecule has 11 nitrogen and oxygen atoms in total. The van der Waals surface area contributed by atoms with Crippen molar-refractivity contribution < 1.29 is 19.1 Å². The molecule has 11 heteroatoms. The zero-order valence-corrected chi connectivity index (χ0v) is 25.8. The lowest BCUT2D eigenvalue weighted by Gasteiger charge is -2.31. The van der Waals surface area contributed by atoms with E-state index in [9.17, 15) is 14.4 Å². The second-order valence-corrected chi connectivity index (χ2v) is 11.9. The molecule has 5 heterocycles. The van der Waals surface area contributed by atoms with E-state index in [1.165, 1.54) is 4.90 Å². The zero-order chi connectivity index (χ0) is 30.8. The molecule has 3 amide bonds. The van der Waals surface area contributed by atoms with Crippen molar-refractivity contribution in [3.8, 4) is 0 Å². The highest BCUT2D eigenvalue weighted by Gasteiger charge is 2.42. The maximum atomic E-state index is 14.8. The first kappa shape index (κ1) is 29.8. The molecular weight excluding hydrogens is 558 g/mol. The number of ether oxygens (including phenoxy) is 1. The quantitative estimate of drug-likeness (QED) is 0.435. The molecule has 2 aromatic heterocycles. The molecule has 0 atom stereocenters. The van der Waals surface area contributed by atoms with Crippen LogP contribution in [0.2, 0.25) is 0 Å². The number of benzene rings is 1. The Hall–Kier alpha value is -4.22. The minimum absolute atomic E-state index is 0.119. The van der Waals surface area contributed by atoms with E-state index in [0.29, 0.717) is 62.2 Å². The summed E-state index contributed by atoms with van der Waals surface area (Å²) in [5.41, 5.74) is 2.99. The van der Waals surface area contributed by atoms with Crippen molar-refractivity contribution in [1.29, 1.82) is 0 Å². The molecule has 2 saturated heterocycles. The fourth-order valence-electron chi connectivity index (χ4n) is 6.33. The number of nitrogens with one attached hydrogen (secondary N) is 1. The predicted octanol–water partition coefficient (Wildman–Crippen LogP) is 2.89. The van der Waals surface area contributed by atoms with Crippen molar-refractivity contribution in [1.82, 2.24) is 24.7 Å². The van der Waals surface area contributed by atoms with Crippen LogP contribution in [-0.4, -0.2) is 103 Å². The average molecular weight is 600 g/mol. The van der Waals surface area contributed by atoms with E-state index < -0.39 is 0 Å². The van der Waals surface area contributed by atoms with E-state index in [0.717, 1.165) is 48.1 Å². The number of carbonyl (C=O) groups excluding carboxylic acids is 3. The smallest absolute Gasteiger partial charge is 0.273 e. The predicted molar refractivity (Wildman–Crippen MR) is 170 cm³/mol. The van der Waals surface area contributed by atoms with Crippen LogP contribution >= 0.6 is 0 Å². The third-order valence-corrected chi connectivity index (χ3v) is 8.67. The second kappa shape index (κ2) is 12.8. The Balaban J connectivity index is 1.55. The van der Waals surface area contributed by atoms with Crippen LogP contribution in [-0.2, 0) is 22.6 Å². The van der Waals surface area contributed by atoms with Gasteiger partial charge in [0, 0.05) is 57.9 Å². The van der Waals surface area contributed by atoms with Gasteiger partial charge >= 0.3 is 0 Å². The number of amides is 3. The molecule has 6 rings (SSSR count). The molecule has 1 N–H and O–H groups in total. The van der Waals surface area contributed by atoms with Crippen molar-refractivity contribution in [2.24, 2.45) is 0 Å². The average Bonchev–Trinajstić information content (AvgIpc) is 3.13. The summed E-state index contributed by atoms with van der Waals surface area (Å²) >= 11 is 0. The van der Waals surface area contributed by atoms with Crippen molar-refractivity contribution in [3.63, 3.8) is 0 Å². The van der Waals surface area contributed by atoms with Gasteiger partial charge in [-0.05, 0) is 38.3 Å². The van der Waals surface area contributed by atoms with Gasteiger partial charge in [-0.15, -0.1) is 0 Å². The minimum atomic E-state index is -0.287. The standard InChI is InChI=1S/C33H41N7O4/c1-23(2)10-15-40-30-29(28(32(42)38-17-19-44-20-18-38)31(40)37-14-6-11-34-13-16-37)36(3)27(41)22-39(33(30)43)21-26-25-8-5-4-7-24(25)9-12-35-26/h4-5,7-10,12,34H,6,11,13-22H2,1-3H3. The molecule has 0 aliphatic carbocycles. The molecule has 3 aliphatic heterocycles. The number of carbonyl (C=O) groups is 3. The summed E-state index contributed by atoms with van der Waals surface area (Å²) in [4.78, 5) is 54.8. The van der Waals surface area contributed by atoms with Crippen LogP contribution in [0.1, 0.15) is 46.8 Å². The van der Waals surface area contributed by atoms with Crippen molar-refractivity contribution in [3.05, 3.63) is 65.1 Å². The molecule has 0 spiro atoms. The Labute approximate surface area is 258 Å². The topological polar surface area (TPSA) is 103 Å². The summed E-state index contributed by atoms with van der Waals surface area (Å²) < 4.78 is 7.53. The first-order valence-electron chi connectivity index (χ1n) is 15.5. The summed E-state index contributed by atoms with van der Waals surface area (Å²) in [6.07, 6.45) is 4.70. The Morgan fingerprint density at radius 2 is 1.84 bits per heavy atom. The summed E-state index contributed by atoms with van der Waals surface area (Å²) in [6, 6.07) is 9.86. The number of likely N-dealkylation sites (N-methyl/N-ethyl adjacent to an activating group) is 1. The number of hydrogen-bond donors (Lipinski definition) is 1. The molecule has 0 saturated carbocycles. The van der Waals surface area contributed by atoms with Gasteiger partial charge in [0.15, 0.2) is 0 Å². The first-order chi connectivity index (χ1) is 21.3. The van der Waals surface area contributed by atoms with Crippen LogP contribution in [0.5, 0.6) is 0 Å². The molecule has 232 valence electrons. The largest absolute Gasteiger partial charge is 0.378 e. The van der Waals surface area contributed by atoms with E-state index in [1.54, 1.807) is 23.0 Å². The SMILES string of the molecule is CC(C)=CCn1c2c(c(C(=O)N3CCOCC3)c1N1CCCNCC1)N(C)C(=O)CN(Cc1nccc3ccccc13)C2=O. The monoisotopic (exact) mass is 599 g/mol. The second-order valence-electron chi connectivity index (χ2n) is 11.9. The van der Waals surface area contributed by atoms with Gasteiger partial charge in [-0.1, -0.05) is 35.9 Å². The number of nitrogens with zero attached hydrogens (tertiary/aromatic N) is 6. The Bertz CT molecular complexity index is 1590. The summed E-state index contributed by atoms with van der Waals surface area (Å²) in [5.74, 6) is -0.0169. The van der Waals surface area contributed by atoms with Gasteiger partial charge < -0.3 is 34.2 Å². The minimum Gasteiger partial charge on any atom is -0.378 e. The highest BCUT2D eigenvalue weighted by molar-refractivity contribution is 6.17. The molecule has 0 radical (unpaired) electrons. The van der Waals surface area contributed by atoms with Crippen molar-refractivity contribution >= 4 is 40.0 Å². The van der Waals surface area contributed by atoms with E-state index in [2.05, 4.69) is 21.3 Å². The van der Waals surface area contributed by atoms with Gasteiger partial charge in [-0.3, -0.25) is 19.4 Å². The number of aromatic nitrogens is 2. The highest BCUT2D eigenvalue weighted by Crippen LogP contribution is 2.41.